The highest BCUT2D eigenvalue weighted by Gasteiger charge is 2.27. The van der Waals surface area contributed by atoms with Crippen molar-refractivity contribution in [3.63, 3.8) is 0 Å². The molecule has 1 aromatic heterocycles. The topological polar surface area (TPSA) is 64.2 Å². The molecule has 0 radical (unpaired) electrons. The molecular weight excluding hydrogens is 228 g/mol. The lowest BCUT2D eigenvalue weighted by atomic mass is 10.1. The molecule has 2 heterocycles. The van der Waals surface area contributed by atoms with Crippen molar-refractivity contribution in [3.8, 4) is 0 Å². The lowest BCUT2D eigenvalue weighted by Gasteiger charge is -2.25. The van der Waals surface area contributed by atoms with Crippen LogP contribution in [0.2, 0.25) is 0 Å². The molecule has 0 bridgehead atoms. The Morgan fingerprint density at radius 2 is 2.39 bits per heavy atom. The molecule has 1 saturated heterocycles. The average Bonchev–Trinajstić information content (AvgIpc) is 2.84. The maximum absolute atomic E-state index is 12.2. The highest BCUT2D eigenvalue weighted by Crippen LogP contribution is 2.24. The van der Waals surface area contributed by atoms with E-state index < -0.39 is 0 Å². The fraction of sp³-hybridized carbons (Fsp3) is 0.692. The highest BCUT2D eigenvalue weighted by molar-refractivity contribution is 5.38. The Morgan fingerprint density at radius 3 is 3.11 bits per heavy atom. The summed E-state index contributed by atoms with van der Waals surface area (Å²) in [4.78, 5) is 18.7. The zero-order valence-corrected chi connectivity index (χ0v) is 11.0. The van der Waals surface area contributed by atoms with Gasteiger partial charge < -0.3 is 15.2 Å². The second-order valence-corrected chi connectivity index (χ2v) is 4.76. The molecule has 0 aromatic carbocycles. The molecule has 5 nitrogen and oxygen atoms in total. The number of aryl methyl sites for hydroxylation is 1. The fourth-order valence-electron chi connectivity index (χ4n) is 2.65. The summed E-state index contributed by atoms with van der Waals surface area (Å²) in [7, 11) is 0. The van der Waals surface area contributed by atoms with Gasteiger partial charge in [-0.3, -0.25) is 4.79 Å². The van der Waals surface area contributed by atoms with Gasteiger partial charge in [0.15, 0.2) is 5.82 Å². The van der Waals surface area contributed by atoms with Crippen LogP contribution in [0.4, 0.5) is 5.82 Å². The molecule has 0 saturated carbocycles. The quantitative estimate of drug-likeness (QED) is 0.846. The molecule has 5 heteroatoms. The lowest BCUT2D eigenvalue weighted by molar-refractivity contribution is 0.577. The zero-order valence-electron chi connectivity index (χ0n) is 11.0. The summed E-state index contributed by atoms with van der Waals surface area (Å²) in [5.74, 6) is 0.610. The van der Waals surface area contributed by atoms with Crippen LogP contribution in [-0.2, 0) is 6.54 Å². The molecule has 1 aliphatic rings. The van der Waals surface area contributed by atoms with E-state index in [9.17, 15) is 4.79 Å². The number of anilines is 1. The van der Waals surface area contributed by atoms with Crippen LogP contribution in [-0.4, -0.2) is 28.7 Å². The number of nitrogens with two attached hydrogens (primary N) is 1. The summed E-state index contributed by atoms with van der Waals surface area (Å²) in [5.41, 5.74) is 5.59. The second kappa shape index (κ2) is 6.00. The van der Waals surface area contributed by atoms with E-state index in [1.807, 2.05) is 6.92 Å². The Kier molecular flexibility index (Phi) is 4.36. The van der Waals surface area contributed by atoms with Crippen molar-refractivity contribution in [3.05, 3.63) is 22.7 Å². The van der Waals surface area contributed by atoms with Gasteiger partial charge in [0.05, 0.1) is 0 Å². The first-order valence-corrected chi connectivity index (χ1v) is 6.80. The van der Waals surface area contributed by atoms with Crippen LogP contribution in [0.5, 0.6) is 0 Å². The van der Waals surface area contributed by atoms with E-state index in [4.69, 9.17) is 5.73 Å². The number of hydrogen-bond acceptors (Lipinski definition) is 4. The Bertz CT molecular complexity index is 443. The molecule has 1 aliphatic heterocycles. The third-order valence-electron chi connectivity index (χ3n) is 3.63. The summed E-state index contributed by atoms with van der Waals surface area (Å²) in [5, 5.41) is 0. The minimum Gasteiger partial charge on any atom is -0.349 e. The van der Waals surface area contributed by atoms with Crippen molar-refractivity contribution in [1.82, 2.24) is 9.55 Å². The van der Waals surface area contributed by atoms with Crippen LogP contribution in [0, 0.1) is 0 Å². The number of nitrogens with zero attached hydrogens (tertiary/aromatic N) is 3. The van der Waals surface area contributed by atoms with Crippen LogP contribution >= 0.6 is 0 Å². The first-order valence-electron chi connectivity index (χ1n) is 6.80. The van der Waals surface area contributed by atoms with Crippen LogP contribution in [0.25, 0.3) is 0 Å². The molecule has 0 amide bonds. The Labute approximate surface area is 108 Å². The normalized spacial score (nSPS) is 19.4. The van der Waals surface area contributed by atoms with Gasteiger partial charge >= 0.3 is 0 Å². The molecule has 0 aliphatic carbocycles. The summed E-state index contributed by atoms with van der Waals surface area (Å²) < 4.78 is 1.71. The van der Waals surface area contributed by atoms with E-state index in [0.717, 1.165) is 32.2 Å². The van der Waals surface area contributed by atoms with E-state index in [-0.39, 0.29) is 5.56 Å². The third kappa shape index (κ3) is 2.56. The maximum Gasteiger partial charge on any atom is 0.293 e. The first-order chi connectivity index (χ1) is 8.77. The van der Waals surface area contributed by atoms with E-state index in [1.54, 1.807) is 17.0 Å². The summed E-state index contributed by atoms with van der Waals surface area (Å²) in [6.45, 7) is 4.31. The van der Waals surface area contributed by atoms with Crippen LogP contribution in [0.15, 0.2) is 17.2 Å². The van der Waals surface area contributed by atoms with Crippen molar-refractivity contribution in [2.45, 2.75) is 45.2 Å². The van der Waals surface area contributed by atoms with E-state index >= 15 is 0 Å². The third-order valence-corrected chi connectivity index (χ3v) is 3.63. The van der Waals surface area contributed by atoms with E-state index in [2.05, 4.69) is 9.88 Å². The molecule has 18 heavy (non-hydrogen) atoms. The number of rotatable bonds is 5. The van der Waals surface area contributed by atoms with Crippen molar-refractivity contribution >= 4 is 5.82 Å². The number of hydrogen-bond donors (Lipinski definition) is 1. The SMILES string of the molecule is CCn1ccnc(N2CCCC2CCCN)c1=O. The molecule has 1 atom stereocenters. The van der Waals surface area contributed by atoms with Gasteiger partial charge in [0.1, 0.15) is 0 Å². The minimum atomic E-state index is 0.0275. The van der Waals surface area contributed by atoms with Gasteiger partial charge in [-0.15, -0.1) is 0 Å². The van der Waals surface area contributed by atoms with Crippen molar-refractivity contribution in [2.75, 3.05) is 18.0 Å². The lowest BCUT2D eigenvalue weighted by Crippen LogP contribution is -2.36. The van der Waals surface area contributed by atoms with Crippen LogP contribution in [0.1, 0.15) is 32.6 Å². The molecule has 2 N–H and O–H groups in total. The van der Waals surface area contributed by atoms with Crippen molar-refractivity contribution in [2.24, 2.45) is 5.73 Å². The van der Waals surface area contributed by atoms with Gasteiger partial charge in [-0.1, -0.05) is 0 Å². The molecule has 0 spiro atoms. The maximum atomic E-state index is 12.2. The van der Waals surface area contributed by atoms with Crippen LogP contribution < -0.4 is 16.2 Å². The average molecular weight is 250 g/mol. The molecule has 1 unspecified atom stereocenters. The molecule has 1 aromatic rings. The van der Waals surface area contributed by atoms with Gasteiger partial charge in [0, 0.05) is 31.5 Å². The van der Waals surface area contributed by atoms with E-state index in [1.165, 1.54) is 0 Å². The monoisotopic (exact) mass is 250 g/mol. The van der Waals surface area contributed by atoms with Gasteiger partial charge in [0.2, 0.25) is 0 Å². The second-order valence-electron chi connectivity index (χ2n) is 4.76. The summed E-state index contributed by atoms with van der Waals surface area (Å²) >= 11 is 0. The van der Waals surface area contributed by atoms with Gasteiger partial charge in [-0.25, -0.2) is 4.98 Å². The highest BCUT2D eigenvalue weighted by atomic mass is 16.1. The predicted octanol–water partition coefficient (Wildman–Crippen LogP) is 0.971. The predicted molar refractivity (Wildman–Crippen MR) is 72.8 cm³/mol. The molecular formula is C13H22N4O. The van der Waals surface area contributed by atoms with Gasteiger partial charge in [-0.2, -0.15) is 0 Å². The number of aromatic nitrogens is 2. The first kappa shape index (κ1) is 13.1. The Balaban J connectivity index is 2.22. The summed E-state index contributed by atoms with van der Waals surface area (Å²) in [6, 6.07) is 0.432. The summed E-state index contributed by atoms with van der Waals surface area (Å²) in [6.07, 6.45) is 7.81. The molecule has 100 valence electrons. The zero-order chi connectivity index (χ0) is 13.0. The van der Waals surface area contributed by atoms with Crippen LogP contribution in [0.3, 0.4) is 0 Å². The van der Waals surface area contributed by atoms with Crippen molar-refractivity contribution in [1.29, 1.82) is 0 Å². The molecule has 1 fully saturated rings. The standard InChI is InChI=1S/C13H22N4O/c1-2-16-10-8-15-12(13(16)18)17-9-4-6-11(17)5-3-7-14/h8,10-11H,2-7,9,14H2,1H3. The largest absolute Gasteiger partial charge is 0.349 e. The Hall–Kier alpha value is -1.36. The minimum absolute atomic E-state index is 0.0275. The molecule has 2 rings (SSSR count). The fourth-order valence-corrected chi connectivity index (χ4v) is 2.65. The van der Waals surface area contributed by atoms with Gasteiger partial charge in [-0.05, 0) is 39.2 Å². The van der Waals surface area contributed by atoms with Crippen molar-refractivity contribution < 1.29 is 0 Å². The van der Waals surface area contributed by atoms with Gasteiger partial charge in [0.25, 0.3) is 5.56 Å². The van der Waals surface area contributed by atoms with E-state index in [0.29, 0.717) is 24.9 Å². The smallest absolute Gasteiger partial charge is 0.293 e. The Morgan fingerprint density at radius 1 is 1.56 bits per heavy atom.